The van der Waals surface area contributed by atoms with E-state index >= 15 is 0 Å². The molecule has 1 aliphatic carbocycles. The topological polar surface area (TPSA) is 41.5 Å². The molecular formula is C13H17Br2NO2. The second kappa shape index (κ2) is 6.37. The van der Waals surface area contributed by atoms with E-state index in [-0.39, 0.29) is 6.10 Å². The van der Waals surface area contributed by atoms with E-state index in [0.717, 1.165) is 34.1 Å². The number of aliphatic hydroxyl groups is 1. The molecule has 0 amide bonds. The molecule has 1 aromatic carbocycles. The largest absolute Gasteiger partial charge is 0.492 e. The Labute approximate surface area is 124 Å². The molecule has 1 aromatic rings. The number of hydrogen-bond acceptors (Lipinski definition) is 3. The summed E-state index contributed by atoms with van der Waals surface area (Å²) in [6.45, 7) is 3.42. The highest BCUT2D eigenvalue weighted by molar-refractivity contribution is 9.11. The molecule has 0 atom stereocenters. The third kappa shape index (κ3) is 3.47. The minimum Gasteiger partial charge on any atom is -0.492 e. The summed E-state index contributed by atoms with van der Waals surface area (Å²) in [5, 5.41) is 12.7. The minimum atomic E-state index is -0.110. The normalized spacial score (nSPS) is 22.7. The Balaban J connectivity index is 1.97. The van der Waals surface area contributed by atoms with Crippen LogP contribution in [0.3, 0.4) is 0 Å². The second-order valence-corrected chi connectivity index (χ2v) is 6.23. The van der Waals surface area contributed by atoms with Crippen LogP contribution in [0.2, 0.25) is 0 Å². The molecule has 0 saturated heterocycles. The van der Waals surface area contributed by atoms with Gasteiger partial charge in [-0.25, -0.2) is 0 Å². The standard InChI is InChI=1S/C13H17Br2NO2/c1-2-18-13-11(14)3-8(4-12(13)15)7-16-9-5-10(17)6-9/h3-4,9-10,16-17H,2,5-7H2,1H3. The van der Waals surface area contributed by atoms with Crippen LogP contribution in [0.5, 0.6) is 5.75 Å². The average Bonchev–Trinajstić information content (AvgIpc) is 2.28. The van der Waals surface area contributed by atoms with Crippen LogP contribution in [0.15, 0.2) is 21.1 Å². The Morgan fingerprint density at radius 3 is 2.44 bits per heavy atom. The zero-order valence-corrected chi connectivity index (χ0v) is 13.4. The fourth-order valence-corrected chi connectivity index (χ4v) is 3.52. The lowest BCUT2D eigenvalue weighted by Crippen LogP contribution is -2.43. The van der Waals surface area contributed by atoms with E-state index in [0.29, 0.717) is 12.6 Å². The average molecular weight is 379 g/mol. The van der Waals surface area contributed by atoms with Crippen molar-refractivity contribution in [3.05, 3.63) is 26.6 Å². The maximum Gasteiger partial charge on any atom is 0.147 e. The van der Waals surface area contributed by atoms with Crippen molar-refractivity contribution < 1.29 is 9.84 Å². The predicted octanol–water partition coefficient (Wildman–Crippen LogP) is 3.22. The van der Waals surface area contributed by atoms with Crippen molar-refractivity contribution in [2.24, 2.45) is 0 Å². The van der Waals surface area contributed by atoms with Gasteiger partial charge in [0.05, 0.1) is 21.7 Å². The number of benzene rings is 1. The van der Waals surface area contributed by atoms with Gasteiger partial charge in [0, 0.05) is 12.6 Å². The first kappa shape index (κ1) is 14.3. The molecule has 1 aliphatic rings. The van der Waals surface area contributed by atoms with Gasteiger partial charge in [-0.05, 0) is 69.3 Å². The summed E-state index contributed by atoms with van der Waals surface area (Å²) in [6, 6.07) is 4.58. The van der Waals surface area contributed by atoms with Crippen molar-refractivity contribution in [3.8, 4) is 5.75 Å². The van der Waals surface area contributed by atoms with Gasteiger partial charge in [0.2, 0.25) is 0 Å². The molecule has 0 aliphatic heterocycles. The van der Waals surface area contributed by atoms with E-state index in [1.165, 1.54) is 5.56 Å². The van der Waals surface area contributed by atoms with Gasteiger partial charge >= 0.3 is 0 Å². The summed E-state index contributed by atoms with van der Waals surface area (Å²) in [5.41, 5.74) is 1.19. The van der Waals surface area contributed by atoms with Crippen molar-refractivity contribution in [3.63, 3.8) is 0 Å². The zero-order valence-electron chi connectivity index (χ0n) is 10.2. The van der Waals surface area contributed by atoms with Crippen molar-refractivity contribution >= 4 is 31.9 Å². The molecule has 0 bridgehead atoms. The highest BCUT2D eigenvalue weighted by Crippen LogP contribution is 2.35. The van der Waals surface area contributed by atoms with Crippen LogP contribution in [-0.4, -0.2) is 23.9 Å². The van der Waals surface area contributed by atoms with Gasteiger partial charge in [-0.3, -0.25) is 0 Å². The first-order chi connectivity index (χ1) is 8.60. The van der Waals surface area contributed by atoms with E-state index in [1.807, 2.05) is 6.92 Å². The summed E-state index contributed by atoms with van der Waals surface area (Å²) in [5.74, 6) is 0.848. The SMILES string of the molecule is CCOc1c(Br)cc(CNC2CC(O)C2)cc1Br. The lowest BCUT2D eigenvalue weighted by Gasteiger charge is -2.32. The first-order valence-electron chi connectivity index (χ1n) is 6.12. The number of aliphatic hydroxyl groups excluding tert-OH is 1. The van der Waals surface area contributed by atoms with Gasteiger partial charge < -0.3 is 15.2 Å². The van der Waals surface area contributed by atoms with E-state index < -0.39 is 0 Å². The molecule has 3 nitrogen and oxygen atoms in total. The third-order valence-electron chi connectivity index (χ3n) is 3.05. The molecule has 0 radical (unpaired) electrons. The Bertz CT molecular complexity index is 396. The lowest BCUT2D eigenvalue weighted by molar-refractivity contribution is 0.0619. The summed E-state index contributed by atoms with van der Waals surface area (Å²) < 4.78 is 7.47. The zero-order chi connectivity index (χ0) is 13.1. The molecule has 18 heavy (non-hydrogen) atoms. The van der Waals surface area contributed by atoms with Crippen molar-refractivity contribution in [2.75, 3.05) is 6.61 Å². The van der Waals surface area contributed by atoms with E-state index in [1.54, 1.807) is 0 Å². The molecule has 2 rings (SSSR count). The van der Waals surface area contributed by atoms with Crippen molar-refractivity contribution in [1.82, 2.24) is 5.32 Å². The third-order valence-corrected chi connectivity index (χ3v) is 4.23. The molecule has 1 saturated carbocycles. The van der Waals surface area contributed by atoms with Gasteiger partial charge in [-0.15, -0.1) is 0 Å². The molecule has 5 heteroatoms. The fraction of sp³-hybridized carbons (Fsp3) is 0.538. The molecular weight excluding hydrogens is 362 g/mol. The molecule has 100 valence electrons. The smallest absolute Gasteiger partial charge is 0.147 e. The summed E-state index contributed by atoms with van der Waals surface area (Å²) in [6.07, 6.45) is 1.61. The van der Waals surface area contributed by atoms with Gasteiger partial charge in [-0.2, -0.15) is 0 Å². The van der Waals surface area contributed by atoms with Crippen LogP contribution in [0.25, 0.3) is 0 Å². The van der Waals surface area contributed by atoms with Gasteiger partial charge in [0.25, 0.3) is 0 Å². The van der Waals surface area contributed by atoms with E-state index in [9.17, 15) is 5.11 Å². The van der Waals surface area contributed by atoms with Crippen LogP contribution < -0.4 is 10.1 Å². The lowest BCUT2D eigenvalue weighted by atomic mass is 9.89. The minimum absolute atomic E-state index is 0.110. The van der Waals surface area contributed by atoms with Gasteiger partial charge in [0.1, 0.15) is 5.75 Å². The second-order valence-electron chi connectivity index (χ2n) is 4.52. The van der Waals surface area contributed by atoms with Gasteiger partial charge in [-0.1, -0.05) is 0 Å². The number of ether oxygens (including phenoxy) is 1. The fourth-order valence-electron chi connectivity index (χ4n) is 2.01. The quantitative estimate of drug-likeness (QED) is 0.826. The summed E-state index contributed by atoms with van der Waals surface area (Å²) in [4.78, 5) is 0. The highest BCUT2D eigenvalue weighted by Gasteiger charge is 2.26. The summed E-state index contributed by atoms with van der Waals surface area (Å²) >= 11 is 7.05. The maximum absolute atomic E-state index is 9.23. The van der Waals surface area contributed by atoms with Crippen LogP contribution in [0.1, 0.15) is 25.3 Å². The Kier molecular flexibility index (Phi) is 5.06. The number of rotatable bonds is 5. The van der Waals surface area contributed by atoms with E-state index in [2.05, 4.69) is 49.3 Å². The molecule has 0 aromatic heterocycles. The van der Waals surface area contributed by atoms with Crippen LogP contribution in [0, 0.1) is 0 Å². The number of halogens is 2. The van der Waals surface area contributed by atoms with Crippen LogP contribution >= 0.6 is 31.9 Å². The molecule has 0 unspecified atom stereocenters. The van der Waals surface area contributed by atoms with Crippen LogP contribution in [-0.2, 0) is 6.54 Å². The Morgan fingerprint density at radius 2 is 1.94 bits per heavy atom. The Morgan fingerprint density at radius 1 is 1.33 bits per heavy atom. The number of nitrogens with one attached hydrogen (secondary N) is 1. The molecule has 0 spiro atoms. The Hall–Kier alpha value is -0.100. The molecule has 1 fully saturated rings. The maximum atomic E-state index is 9.23. The number of hydrogen-bond donors (Lipinski definition) is 2. The van der Waals surface area contributed by atoms with E-state index in [4.69, 9.17) is 4.74 Å². The predicted molar refractivity (Wildman–Crippen MR) is 78.9 cm³/mol. The first-order valence-corrected chi connectivity index (χ1v) is 7.71. The summed E-state index contributed by atoms with van der Waals surface area (Å²) in [7, 11) is 0. The van der Waals surface area contributed by atoms with Crippen LogP contribution in [0.4, 0.5) is 0 Å². The highest BCUT2D eigenvalue weighted by atomic mass is 79.9. The molecule has 0 heterocycles. The van der Waals surface area contributed by atoms with Gasteiger partial charge in [0.15, 0.2) is 0 Å². The molecule has 2 N–H and O–H groups in total. The monoisotopic (exact) mass is 377 g/mol. The van der Waals surface area contributed by atoms with Crippen molar-refractivity contribution in [2.45, 2.75) is 38.5 Å². The van der Waals surface area contributed by atoms with Crippen molar-refractivity contribution in [1.29, 1.82) is 0 Å².